The van der Waals surface area contributed by atoms with Crippen LogP contribution >= 0.6 is 0 Å². The van der Waals surface area contributed by atoms with Crippen LogP contribution in [0.2, 0.25) is 0 Å². The monoisotopic (exact) mass is 464 g/mol. The fraction of sp³-hybridized carbons (Fsp3) is 0.240. The Morgan fingerprint density at radius 2 is 1.88 bits per heavy atom. The average molecular weight is 464 g/mol. The van der Waals surface area contributed by atoms with Crippen LogP contribution in [0.1, 0.15) is 23.6 Å². The summed E-state index contributed by atoms with van der Waals surface area (Å²) in [5.74, 6) is -1.45. The van der Waals surface area contributed by atoms with Crippen LogP contribution in [-0.4, -0.2) is 39.2 Å². The maximum absolute atomic E-state index is 12.7. The van der Waals surface area contributed by atoms with Crippen LogP contribution in [0.3, 0.4) is 0 Å². The number of carboxylic acids is 1. The highest BCUT2D eigenvalue weighted by atomic mass is 16.5. The summed E-state index contributed by atoms with van der Waals surface area (Å²) in [5, 5.41) is 23.3. The molecule has 2 aromatic heterocycles. The van der Waals surface area contributed by atoms with Gasteiger partial charge in [0.25, 0.3) is 5.91 Å². The molecule has 0 saturated heterocycles. The van der Waals surface area contributed by atoms with Crippen LogP contribution in [0.25, 0.3) is 21.9 Å². The molecule has 0 aliphatic rings. The van der Waals surface area contributed by atoms with Crippen LogP contribution in [0.5, 0.6) is 11.5 Å². The number of carboxylic acid groups (broad SMARTS) is 1. The molecule has 9 nitrogen and oxygen atoms in total. The molecule has 0 spiro atoms. The van der Waals surface area contributed by atoms with Gasteiger partial charge in [0.2, 0.25) is 0 Å². The number of phenols is 1. The summed E-state index contributed by atoms with van der Waals surface area (Å²) in [6.45, 7) is 5.01. The van der Waals surface area contributed by atoms with E-state index in [1.54, 1.807) is 31.3 Å². The maximum Gasteiger partial charge on any atom is 0.339 e. The van der Waals surface area contributed by atoms with E-state index in [1.165, 1.54) is 25.1 Å². The molecular weight excluding hydrogens is 440 g/mol. The Balaban J connectivity index is 1.49. The Labute approximate surface area is 194 Å². The van der Waals surface area contributed by atoms with Gasteiger partial charge in [0.15, 0.2) is 6.10 Å². The number of nitrogens with one attached hydrogen (secondary N) is 2. The second-order valence-corrected chi connectivity index (χ2v) is 8.20. The minimum absolute atomic E-state index is 0.0109. The number of aryl methyl sites for hydroxylation is 1. The zero-order valence-corrected chi connectivity index (χ0v) is 18.8. The summed E-state index contributed by atoms with van der Waals surface area (Å²) in [6, 6.07) is 8.47. The van der Waals surface area contributed by atoms with E-state index >= 15 is 0 Å². The Morgan fingerprint density at radius 3 is 2.62 bits per heavy atom. The van der Waals surface area contributed by atoms with E-state index in [2.05, 4.69) is 10.3 Å². The number of hydrogen-bond acceptors (Lipinski definition) is 6. The highest BCUT2D eigenvalue weighted by molar-refractivity contribution is 5.89. The summed E-state index contributed by atoms with van der Waals surface area (Å²) in [4.78, 5) is 39.5. The van der Waals surface area contributed by atoms with E-state index < -0.39 is 29.6 Å². The number of rotatable bonds is 7. The maximum atomic E-state index is 12.7. The average Bonchev–Trinajstić information content (AvgIpc) is 3.18. The lowest BCUT2D eigenvalue weighted by molar-refractivity contribution is -0.142. The number of phenolic OH excluding ortho intramolecular Hbond substituents is 1. The number of aromatic amines is 1. The van der Waals surface area contributed by atoms with Crippen molar-refractivity contribution >= 4 is 33.7 Å². The summed E-state index contributed by atoms with van der Waals surface area (Å²) in [5.41, 5.74) is 2.61. The first-order chi connectivity index (χ1) is 16.1. The van der Waals surface area contributed by atoms with E-state index in [0.29, 0.717) is 27.8 Å². The number of aromatic nitrogens is 1. The summed E-state index contributed by atoms with van der Waals surface area (Å²) in [7, 11) is 0. The molecule has 2 aromatic carbocycles. The van der Waals surface area contributed by atoms with Crippen molar-refractivity contribution < 1.29 is 29.0 Å². The lowest BCUT2D eigenvalue weighted by Crippen LogP contribution is -2.47. The number of aromatic hydroxyl groups is 1. The SMILES string of the molecule is Cc1c(C)c2ccc(OC(C)C(=O)NC(Cc3c[nH]c4ccc(O)cc34)C(=O)O)cc2oc1=O. The van der Waals surface area contributed by atoms with Gasteiger partial charge in [-0.05, 0) is 62.2 Å². The summed E-state index contributed by atoms with van der Waals surface area (Å²) < 4.78 is 11.0. The molecule has 0 aliphatic carbocycles. The molecule has 4 N–H and O–H groups in total. The predicted molar refractivity (Wildman–Crippen MR) is 125 cm³/mol. The summed E-state index contributed by atoms with van der Waals surface area (Å²) >= 11 is 0. The van der Waals surface area contributed by atoms with Gasteiger partial charge in [-0.2, -0.15) is 0 Å². The molecule has 34 heavy (non-hydrogen) atoms. The normalized spacial score (nSPS) is 13.0. The molecule has 2 heterocycles. The molecule has 9 heteroatoms. The van der Waals surface area contributed by atoms with Gasteiger partial charge in [0.05, 0.1) is 0 Å². The minimum Gasteiger partial charge on any atom is -0.508 e. The molecule has 176 valence electrons. The molecule has 0 fully saturated rings. The van der Waals surface area contributed by atoms with Gasteiger partial charge >= 0.3 is 11.6 Å². The van der Waals surface area contributed by atoms with Crippen LogP contribution in [0, 0.1) is 13.8 Å². The van der Waals surface area contributed by atoms with Crippen molar-refractivity contribution in [3.63, 3.8) is 0 Å². The van der Waals surface area contributed by atoms with Crippen molar-refractivity contribution in [2.45, 2.75) is 39.3 Å². The van der Waals surface area contributed by atoms with Crippen molar-refractivity contribution in [3.8, 4) is 11.5 Å². The molecule has 0 saturated carbocycles. The first kappa shape index (κ1) is 22.9. The highest BCUT2D eigenvalue weighted by Crippen LogP contribution is 2.25. The third-order valence-electron chi connectivity index (χ3n) is 5.90. The first-order valence-electron chi connectivity index (χ1n) is 10.7. The number of benzene rings is 2. The van der Waals surface area contributed by atoms with E-state index in [9.17, 15) is 24.6 Å². The number of fused-ring (bicyclic) bond motifs is 2. The Morgan fingerprint density at radius 1 is 1.12 bits per heavy atom. The predicted octanol–water partition coefficient (Wildman–Crippen LogP) is 3.18. The molecule has 4 rings (SSSR count). The number of carbonyl (C=O) groups is 2. The third-order valence-corrected chi connectivity index (χ3v) is 5.90. The standard InChI is InChI=1S/C25H24N2O7/c1-12-13(2)25(32)34-22-10-17(5-6-18(12)22)33-14(3)23(29)27-21(24(30)31)8-15-11-26-20-7-4-16(28)9-19(15)20/h4-7,9-11,14,21,26,28H,8H2,1-3H3,(H,27,29)(H,30,31). The highest BCUT2D eigenvalue weighted by Gasteiger charge is 2.25. The molecule has 0 aliphatic heterocycles. The number of amides is 1. The van der Waals surface area contributed by atoms with Crippen molar-refractivity contribution in [2.75, 3.05) is 0 Å². The van der Waals surface area contributed by atoms with E-state index in [0.717, 1.165) is 16.5 Å². The third kappa shape index (κ3) is 4.45. The molecule has 1 amide bonds. The quantitative estimate of drug-likeness (QED) is 0.308. The van der Waals surface area contributed by atoms with Crippen molar-refractivity contribution in [3.05, 3.63) is 69.7 Å². The van der Waals surface area contributed by atoms with Crippen LogP contribution in [0.15, 0.2) is 51.8 Å². The molecule has 4 aromatic rings. The van der Waals surface area contributed by atoms with E-state index in [-0.39, 0.29) is 12.2 Å². The van der Waals surface area contributed by atoms with Gasteiger partial charge in [-0.15, -0.1) is 0 Å². The lowest BCUT2D eigenvalue weighted by Gasteiger charge is -2.19. The number of carbonyl (C=O) groups excluding carboxylic acids is 1. The van der Waals surface area contributed by atoms with Crippen LogP contribution < -0.4 is 15.7 Å². The largest absolute Gasteiger partial charge is 0.508 e. The first-order valence-corrected chi connectivity index (χ1v) is 10.7. The zero-order chi connectivity index (χ0) is 24.6. The van der Waals surface area contributed by atoms with Gasteiger partial charge in [-0.3, -0.25) is 4.79 Å². The number of ether oxygens (including phenoxy) is 1. The topological polar surface area (TPSA) is 142 Å². The molecule has 2 unspecified atom stereocenters. The Hall–Kier alpha value is -4.27. The molecule has 0 radical (unpaired) electrons. The fourth-order valence-corrected chi connectivity index (χ4v) is 3.80. The van der Waals surface area contributed by atoms with E-state index in [1.807, 2.05) is 6.92 Å². The summed E-state index contributed by atoms with van der Waals surface area (Å²) in [6.07, 6.45) is 0.653. The van der Waals surface area contributed by atoms with Gasteiger partial charge < -0.3 is 29.7 Å². The molecule has 2 atom stereocenters. The van der Waals surface area contributed by atoms with E-state index in [4.69, 9.17) is 9.15 Å². The van der Waals surface area contributed by atoms with Crippen molar-refractivity contribution in [1.82, 2.24) is 10.3 Å². The lowest BCUT2D eigenvalue weighted by atomic mass is 10.0. The molecule has 0 bridgehead atoms. The zero-order valence-electron chi connectivity index (χ0n) is 18.8. The van der Waals surface area contributed by atoms with Gasteiger partial charge in [-0.1, -0.05) is 0 Å². The Kier molecular flexibility index (Phi) is 6.02. The van der Waals surface area contributed by atoms with Gasteiger partial charge in [0, 0.05) is 40.5 Å². The second kappa shape index (κ2) is 8.93. The number of hydrogen-bond donors (Lipinski definition) is 4. The van der Waals surface area contributed by atoms with Crippen LogP contribution in [0.4, 0.5) is 0 Å². The van der Waals surface area contributed by atoms with Crippen LogP contribution in [-0.2, 0) is 16.0 Å². The van der Waals surface area contributed by atoms with Crippen molar-refractivity contribution in [1.29, 1.82) is 0 Å². The second-order valence-electron chi connectivity index (χ2n) is 8.20. The van der Waals surface area contributed by atoms with Gasteiger partial charge in [-0.25, -0.2) is 9.59 Å². The van der Waals surface area contributed by atoms with Crippen molar-refractivity contribution in [2.24, 2.45) is 0 Å². The smallest absolute Gasteiger partial charge is 0.339 e. The Bertz CT molecular complexity index is 1470. The number of aliphatic carboxylic acids is 1. The van der Waals surface area contributed by atoms with Gasteiger partial charge in [0.1, 0.15) is 23.1 Å². The molecular formula is C25H24N2O7. The fourth-order valence-electron chi connectivity index (χ4n) is 3.80. The number of H-pyrrole nitrogens is 1. The minimum atomic E-state index is -1.21.